The molecule has 0 aromatic carbocycles. The Kier molecular flexibility index (Phi) is 5.01. The van der Waals surface area contributed by atoms with Crippen LogP contribution in [0.4, 0.5) is 0 Å². The van der Waals surface area contributed by atoms with Gasteiger partial charge in [0.25, 0.3) is 0 Å². The highest BCUT2D eigenvalue weighted by atomic mass is 16.3. The summed E-state index contributed by atoms with van der Waals surface area (Å²) in [6, 6.07) is 0. The molecule has 32 heavy (non-hydrogen) atoms. The van der Waals surface area contributed by atoms with Crippen LogP contribution in [0.2, 0.25) is 0 Å². The largest absolute Gasteiger partial charge is 0.396 e. The van der Waals surface area contributed by atoms with Gasteiger partial charge in [-0.05, 0) is 109 Å². The van der Waals surface area contributed by atoms with Crippen LogP contribution in [0.25, 0.3) is 0 Å². The minimum atomic E-state index is 0.0751. The van der Waals surface area contributed by atoms with Gasteiger partial charge in [-0.15, -0.1) is 0 Å². The molecule has 2 heteroatoms. The molecule has 0 saturated heterocycles. The van der Waals surface area contributed by atoms with Gasteiger partial charge in [0.2, 0.25) is 0 Å². The van der Waals surface area contributed by atoms with Crippen LogP contribution >= 0.6 is 0 Å². The first-order valence-corrected chi connectivity index (χ1v) is 13.9. The van der Waals surface area contributed by atoms with E-state index in [1.165, 1.54) is 57.8 Å². The molecule has 0 heterocycles. The van der Waals surface area contributed by atoms with Crippen molar-refractivity contribution in [2.45, 2.75) is 119 Å². The molecule has 182 valence electrons. The van der Waals surface area contributed by atoms with Gasteiger partial charge in [0.05, 0.1) is 0 Å². The molecule has 0 aromatic rings. The fourth-order valence-electron chi connectivity index (χ4n) is 11.3. The molecule has 0 unspecified atom stereocenters. The van der Waals surface area contributed by atoms with Crippen LogP contribution in [-0.2, 0) is 4.79 Å². The first-order valence-electron chi connectivity index (χ1n) is 13.9. The second kappa shape index (κ2) is 6.86. The lowest BCUT2D eigenvalue weighted by Crippen LogP contribution is -2.69. The van der Waals surface area contributed by atoms with E-state index in [0.29, 0.717) is 46.4 Å². The number of ketones is 1. The van der Waals surface area contributed by atoms with Gasteiger partial charge in [0.1, 0.15) is 5.78 Å². The van der Waals surface area contributed by atoms with E-state index in [9.17, 15) is 9.90 Å². The van der Waals surface area contributed by atoms with Crippen LogP contribution in [0.15, 0.2) is 0 Å². The molecule has 0 radical (unpaired) electrons. The molecule has 5 aliphatic rings. The summed E-state index contributed by atoms with van der Waals surface area (Å²) in [5.41, 5.74) is 1.58. The highest BCUT2D eigenvalue weighted by Gasteiger charge is 2.72. The number of carbonyl (C=O) groups excluding carboxylic acids is 1. The van der Waals surface area contributed by atoms with Crippen molar-refractivity contribution in [3.8, 4) is 0 Å². The van der Waals surface area contributed by atoms with Gasteiger partial charge in [-0.1, -0.05) is 48.5 Å². The van der Waals surface area contributed by atoms with Crippen LogP contribution in [0.1, 0.15) is 119 Å². The maximum absolute atomic E-state index is 12.7. The summed E-state index contributed by atoms with van der Waals surface area (Å²) in [7, 11) is 0. The van der Waals surface area contributed by atoms with E-state index in [2.05, 4.69) is 48.5 Å². The minimum absolute atomic E-state index is 0.0751. The minimum Gasteiger partial charge on any atom is -0.396 e. The zero-order valence-corrected chi connectivity index (χ0v) is 22.2. The van der Waals surface area contributed by atoms with Crippen molar-refractivity contribution in [2.75, 3.05) is 6.61 Å². The topological polar surface area (TPSA) is 37.3 Å². The maximum Gasteiger partial charge on any atom is 0.136 e. The summed E-state index contributed by atoms with van der Waals surface area (Å²) in [6.45, 7) is 17.8. The second-order valence-electron chi connectivity index (χ2n) is 15.2. The van der Waals surface area contributed by atoms with Gasteiger partial charge in [-0.25, -0.2) is 0 Å². The number of aliphatic hydroxyl groups excluding tert-OH is 1. The van der Waals surface area contributed by atoms with Crippen LogP contribution in [0.5, 0.6) is 0 Å². The van der Waals surface area contributed by atoms with Crippen LogP contribution in [-0.4, -0.2) is 17.5 Å². The van der Waals surface area contributed by atoms with Gasteiger partial charge in [-0.3, -0.25) is 4.79 Å². The van der Waals surface area contributed by atoms with Crippen molar-refractivity contribution < 1.29 is 9.90 Å². The highest BCUT2D eigenvalue weighted by Crippen LogP contribution is 2.78. The van der Waals surface area contributed by atoms with Gasteiger partial charge in [-0.2, -0.15) is 0 Å². The number of hydrogen-bond donors (Lipinski definition) is 1. The Morgan fingerprint density at radius 2 is 1.47 bits per heavy atom. The molecule has 5 rings (SSSR count). The lowest BCUT2D eigenvalue weighted by Gasteiger charge is -2.75. The smallest absolute Gasteiger partial charge is 0.136 e. The Hall–Kier alpha value is -0.370. The molecule has 1 N–H and O–H groups in total. The van der Waals surface area contributed by atoms with Crippen LogP contribution in [0.3, 0.4) is 0 Å². The number of carbonyl (C=O) groups is 1. The SMILES string of the molecule is C[C@H]1C(=O)CC[C@@H]2[C@]3(C)CC[C@@]4(CO)[C@H]5CC(C)(C)CC[C@]5(C)CC[C@]4(C)[C@@H]3CC[C@@]21C. The van der Waals surface area contributed by atoms with Crippen molar-refractivity contribution in [1.82, 2.24) is 0 Å². The van der Waals surface area contributed by atoms with E-state index in [1.807, 2.05) is 0 Å². The van der Waals surface area contributed by atoms with Crippen molar-refractivity contribution in [2.24, 2.45) is 56.2 Å². The standard InChI is InChI=1S/C30H50O2/c1-20-21(32)8-9-22-27(20,5)11-10-23-28(22,6)15-17-30(19-31)24-18-25(2,3)12-13-26(24,4)14-16-29(23,30)7/h20,22-24,31H,8-19H2,1-7H3/t20-,22-,23+,24-,26+,27+,28-,29+,30+/m0/s1. The summed E-state index contributed by atoms with van der Waals surface area (Å²) in [5, 5.41) is 11.3. The Balaban J connectivity index is 1.57. The van der Waals surface area contributed by atoms with E-state index in [4.69, 9.17) is 0 Å². The van der Waals surface area contributed by atoms with E-state index >= 15 is 0 Å². The van der Waals surface area contributed by atoms with Gasteiger partial charge in [0, 0.05) is 24.4 Å². The predicted octanol–water partition coefficient (Wildman–Crippen LogP) is 7.43. The zero-order valence-electron chi connectivity index (χ0n) is 22.2. The number of hydrogen-bond acceptors (Lipinski definition) is 2. The lowest BCUT2D eigenvalue weighted by molar-refractivity contribution is -0.271. The zero-order chi connectivity index (χ0) is 23.4. The van der Waals surface area contributed by atoms with E-state index in [0.717, 1.165) is 12.8 Å². The Morgan fingerprint density at radius 3 is 2.16 bits per heavy atom. The van der Waals surface area contributed by atoms with Crippen molar-refractivity contribution >= 4 is 5.78 Å². The fourth-order valence-corrected chi connectivity index (χ4v) is 11.3. The molecular weight excluding hydrogens is 392 g/mol. The Morgan fingerprint density at radius 1 is 0.781 bits per heavy atom. The lowest BCUT2D eigenvalue weighted by atomic mass is 9.30. The third-order valence-corrected chi connectivity index (χ3v) is 13.7. The van der Waals surface area contributed by atoms with E-state index < -0.39 is 0 Å². The van der Waals surface area contributed by atoms with E-state index in [1.54, 1.807) is 0 Å². The molecule has 5 aliphatic carbocycles. The molecule has 5 fully saturated rings. The molecule has 0 spiro atoms. The third kappa shape index (κ3) is 2.71. The quantitative estimate of drug-likeness (QED) is 0.458. The van der Waals surface area contributed by atoms with Gasteiger partial charge >= 0.3 is 0 Å². The summed E-state index contributed by atoms with van der Waals surface area (Å²) in [6.07, 6.45) is 13.4. The summed E-state index contributed by atoms with van der Waals surface area (Å²) in [5.74, 6) is 2.71. The molecule has 0 bridgehead atoms. The first kappa shape index (κ1) is 23.4. The first-order chi connectivity index (χ1) is 14.8. The molecule has 2 nitrogen and oxygen atoms in total. The molecule has 0 aromatic heterocycles. The van der Waals surface area contributed by atoms with Gasteiger partial charge < -0.3 is 5.11 Å². The second-order valence-corrected chi connectivity index (χ2v) is 15.2. The average Bonchev–Trinajstić information content (AvgIpc) is 2.72. The maximum atomic E-state index is 12.7. The molecule has 9 atom stereocenters. The molecule has 5 saturated carbocycles. The molecule has 0 aliphatic heterocycles. The van der Waals surface area contributed by atoms with Crippen molar-refractivity contribution in [3.05, 3.63) is 0 Å². The van der Waals surface area contributed by atoms with Crippen LogP contribution < -0.4 is 0 Å². The molecular formula is C30H50O2. The number of Topliss-reactive ketones (excluding diaryl/α,β-unsaturated/α-hetero) is 1. The Bertz CT molecular complexity index is 801. The highest BCUT2D eigenvalue weighted by molar-refractivity contribution is 5.82. The summed E-state index contributed by atoms with van der Waals surface area (Å²) >= 11 is 0. The predicted molar refractivity (Wildman–Crippen MR) is 131 cm³/mol. The van der Waals surface area contributed by atoms with Crippen molar-refractivity contribution in [1.29, 1.82) is 0 Å². The van der Waals surface area contributed by atoms with Gasteiger partial charge in [0.15, 0.2) is 0 Å². The van der Waals surface area contributed by atoms with E-state index in [-0.39, 0.29) is 22.2 Å². The number of aliphatic hydroxyl groups is 1. The summed E-state index contributed by atoms with van der Waals surface area (Å²) < 4.78 is 0. The van der Waals surface area contributed by atoms with Crippen molar-refractivity contribution in [3.63, 3.8) is 0 Å². The Labute approximate surface area is 197 Å². The normalized spacial score (nSPS) is 57.1. The fraction of sp³-hybridized carbons (Fsp3) is 0.967. The number of rotatable bonds is 1. The summed E-state index contributed by atoms with van der Waals surface area (Å²) in [4.78, 5) is 12.7. The average molecular weight is 443 g/mol. The third-order valence-electron chi connectivity index (χ3n) is 13.7. The monoisotopic (exact) mass is 442 g/mol. The molecule has 0 amide bonds. The van der Waals surface area contributed by atoms with Crippen LogP contribution in [0, 0.1) is 56.2 Å². The number of fused-ring (bicyclic) bond motifs is 7.